The van der Waals surface area contributed by atoms with Crippen molar-refractivity contribution in [3.8, 4) is 0 Å². The molecule has 23 heavy (non-hydrogen) atoms. The van der Waals surface area contributed by atoms with Crippen molar-refractivity contribution in [1.82, 2.24) is 5.32 Å². The minimum atomic E-state index is -0.984. The van der Waals surface area contributed by atoms with Gasteiger partial charge in [-0.3, -0.25) is 9.59 Å². The molecule has 1 aliphatic carbocycles. The first-order valence-corrected chi connectivity index (χ1v) is 8.28. The SMILES string of the molecule is CC(C)(C)NC(=O)Cc1ccc(NC(=O)C2(C)CC2(Cl)Cl)cc1. The molecule has 1 atom stereocenters. The van der Waals surface area contributed by atoms with Crippen LogP contribution < -0.4 is 10.6 Å². The first-order valence-electron chi connectivity index (χ1n) is 7.52. The zero-order chi connectivity index (χ0) is 17.5. The van der Waals surface area contributed by atoms with Gasteiger partial charge in [-0.1, -0.05) is 12.1 Å². The van der Waals surface area contributed by atoms with E-state index in [4.69, 9.17) is 23.2 Å². The van der Waals surface area contributed by atoms with Crippen LogP contribution in [0.2, 0.25) is 0 Å². The van der Waals surface area contributed by atoms with E-state index in [1.54, 1.807) is 19.1 Å². The van der Waals surface area contributed by atoms with Crippen LogP contribution in [0.4, 0.5) is 5.69 Å². The molecule has 0 bridgehead atoms. The van der Waals surface area contributed by atoms with Crippen molar-refractivity contribution in [2.24, 2.45) is 5.41 Å². The maximum Gasteiger partial charge on any atom is 0.233 e. The molecule has 1 unspecified atom stereocenters. The summed E-state index contributed by atoms with van der Waals surface area (Å²) in [6.45, 7) is 7.56. The summed E-state index contributed by atoms with van der Waals surface area (Å²) in [5, 5.41) is 5.72. The third-order valence-electron chi connectivity index (χ3n) is 3.85. The topological polar surface area (TPSA) is 58.2 Å². The third-order valence-corrected chi connectivity index (χ3v) is 4.95. The molecule has 2 N–H and O–H groups in total. The van der Waals surface area contributed by atoms with E-state index in [0.717, 1.165) is 5.56 Å². The standard InChI is InChI=1S/C17H22Cl2N2O2/c1-15(2,3)21-13(22)9-11-5-7-12(8-6-11)20-14(23)16(4)10-17(16,18)19/h5-8H,9-10H2,1-4H3,(H,20,23)(H,21,22). The molecular formula is C17H22Cl2N2O2. The van der Waals surface area contributed by atoms with Gasteiger partial charge in [0.15, 0.2) is 0 Å². The summed E-state index contributed by atoms with van der Waals surface area (Å²) in [5.74, 6) is -0.227. The Labute approximate surface area is 146 Å². The van der Waals surface area contributed by atoms with Gasteiger partial charge in [-0.25, -0.2) is 0 Å². The number of hydrogen-bond acceptors (Lipinski definition) is 2. The number of nitrogens with one attached hydrogen (secondary N) is 2. The van der Waals surface area contributed by atoms with Gasteiger partial charge in [0.05, 0.1) is 11.8 Å². The van der Waals surface area contributed by atoms with Crippen molar-refractivity contribution in [3.63, 3.8) is 0 Å². The summed E-state index contributed by atoms with van der Waals surface area (Å²) in [6, 6.07) is 7.18. The highest BCUT2D eigenvalue weighted by Crippen LogP contribution is 2.64. The maximum atomic E-state index is 12.2. The van der Waals surface area contributed by atoms with Crippen LogP contribution in [-0.4, -0.2) is 21.7 Å². The van der Waals surface area contributed by atoms with E-state index in [1.807, 2.05) is 32.9 Å². The molecule has 1 saturated carbocycles. The highest BCUT2D eigenvalue weighted by molar-refractivity contribution is 6.53. The molecule has 1 aliphatic rings. The molecule has 0 radical (unpaired) electrons. The average molecular weight is 357 g/mol. The fourth-order valence-corrected chi connectivity index (χ4v) is 2.98. The van der Waals surface area contributed by atoms with Crippen molar-refractivity contribution in [1.29, 1.82) is 0 Å². The van der Waals surface area contributed by atoms with Crippen molar-refractivity contribution in [3.05, 3.63) is 29.8 Å². The van der Waals surface area contributed by atoms with Crippen molar-refractivity contribution < 1.29 is 9.59 Å². The minimum absolute atomic E-state index is 0.0335. The predicted molar refractivity (Wildman–Crippen MR) is 93.8 cm³/mol. The highest BCUT2D eigenvalue weighted by atomic mass is 35.5. The number of amides is 2. The van der Waals surface area contributed by atoms with Gasteiger partial charge in [-0.15, -0.1) is 23.2 Å². The van der Waals surface area contributed by atoms with E-state index in [9.17, 15) is 9.59 Å². The molecule has 0 aromatic heterocycles. The van der Waals surface area contributed by atoms with E-state index >= 15 is 0 Å². The van der Waals surface area contributed by atoms with Crippen molar-refractivity contribution in [2.45, 2.75) is 50.4 Å². The number of anilines is 1. The van der Waals surface area contributed by atoms with Crippen LogP contribution in [0.15, 0.2) is 24.3 Å². The van der Waals surface area contributed by atoms with E-state index in [2.05, 4.69) is 10.6 Å². The third kappa shape index (κ3) is 4.39. The Morgan fingerprint density at radius 2 is 1.70 bits per heavy atom. The largest absolute Gasteiger partial charge is 0.351 e. The summed E-state index contributed by atoms with van der Waals surface area (Å²) < 4.78 is -0.984. The number of carbonyl (C=O) groups excluding carboxylic acids is 2. The number of benzene rings is 1. The zero-order valence-electron chi connectivity index (χ0n) is 13.8. The molecular weight excluding hydrogens is 335 g/mol. The number of halogens is 2. The molecule has 4 nitrogen and oxygen atoms in total. The Balaban J connectivity index is 1.93. The van der Waals surface area contributed by atoms with Crippen LogP contribution in [0.3, 0.4) is 0 Å². The molecule has 0 saturated heterocycles. The molecule has 0 heterocycles. The molecule has 2 rings (SSSR count). The van der Waals surface area contributed by atoms with Crippen molar-refractivity contribution in [2.75, 3.05) is 5.32 Å². The van der Waals surface area contributed by atoms with Crippen LogP contribution in [-0.2, 0) is 16.0 Å². The lowest BCUT2D eigenvalue weighted by atomic mass is 10.1. The Morgan fingerprint density at radius 3 is 2.13 bits per heavy atom. The second-order valence-electron chi connectivity index (χ2n) is 7.34. The van der Waals surface area contributed by atoms with Crippen LogP contribution in [0, 0.1) is 5.41 Å². The van der Waals surface area contributed by atoms with Crippen LogP contribution >= 0.6 is 23.2 Å². The van der Waals surface area contributed by atoms with Gasteiger partial charge >= 0.3 is 0 Å². The van der Waals surface area contributed by atoms with Gasteiger partial charge < -0.3 is 10.6 Å². The molecule has 0 spiro atoms. The predicted octanol–water partition coefficient (Wildman–Crippen LogP) is 3.67. The summed E-state index contributed by atoms with van der Waals surface area (Å²) in [5.41, 5.74) is 0.542. The van der Waals surface area contributed by atoms with Gasteiger partial charge in [-0.05, 0) is 51.8 Å². The lowest BCUT2D eigenvalue weighted by Gasteiger charge is -2.20. The maximum absolute atomic E-state index is 12.2. The Kier molecular flexibility index (Phi) is 4.71. The molecule has 2 amide bonds. The molecule has 0 aliphatic heterocycles. The molecule has 1 aromatic rings. The lowest BCUT2D eigenvalue weighted by molar-refractivity contribution is -0.122. The number of hydrogen-bond donors (Lipinski definition) is 2. The fourth-order valence-electron chi connectivity index (χ4n) is 2.27. The van der Waals surface area contributed by atoms with Crippen molar-refractivity contribution >= 4 is 40.7 Å². The normalized spacial score (nSPS) is 22.3. The Bertz CT molecular complexity index is 620. The second kappa shape index (κ2) is 5.99. The van der Waals surface area contributed by atoms with E-state index in [-0.39, 0.29) is 17.4 Å². The first kappa shape index (κ1) is 18.1. The van der Waals surface area contributed by atoms with Gasteiger partial charge in [0.1, 0.15) is 4.33 Å². The summed E-state index contributed by atoms with van der Waals surface area (Å²) in [6.07, 6.45) is 0.746. The summed E-state index contributed by atoms with van der Waals surface area (Å²) in [7, 11) is 0. The zero-order valence-corrected chi connectivity index (χ0v) is 15.3. The Morgan fingerprint density at radius 1 is 1.17 bits per heavy atom. The van der Waals surface area contributed by atoms with E-state index in [0.29, 0.717) is 18.5 Å². The van der Waals surface area contributed by atoms with Gasteiger partial charge in [-0.2, -0.15) is 0 Å². The van der Waals surface area contributed by atoms with Gasteiger partial charge in [0, 0.05) is 11.2 Å². The fraction of sp³-hybridized carbons (Fsp3) is 0.529. The smallest absolute Gasteiger partial charge is 0.233 e. The number of alkyl halides is 2. The molecule has 1 aromatic carbocycles. The lowest BCUT2D eigenvalue weighted by Crippen LogP contribution is -2.41. The number of rotatable bonds is 4. The van der Waals surface area contributed by atoms with Crippen LogP contribution in [0.1, 0.15) is 39.7 Å². The minimum Gasteiger partial charge on any atom is -0.351 e. The molecule has 6 heteroatoms. The first-order chi connectivity index (χ1) is 10.4. The monoisotopic (exact) mass is 356 g/mol. The van der Waals surface area contributed by atoms with Crippen LogP contribution in [0.25, 0.3) is 0 Å². The average Bonchev–Trinajstić information content (AvgIpc) is 2.90. The van der Waals surface area contributed by atoms with Gasteiger partial charge in [0.2, 0.25) is 11.8 Å². The summed E-state index contributed by atoms with van der Waals surface area (Å²) >= 11 is 12.0. The van der Waals surface area contributed by atoms with Crippen LogP contribution in [0.5, 0.6) is 0 Å². The van der Waals surface area contributed by atoms with E-state index in [1.165, 1.54) is 0 Å². The molecule has 126 valence electrons. The molecule has 1 fully saturated rings. The Hall–Kier alpha value is -1.26. The van der Waals surface area contributed by atoms with E-state index < -0.39 is 9.75 Å². The van der Waals surface area contributed by atoms with Gasteiger partial charge in [0.25, 0.3) is 0 Å². The second-order valence-corrected chi connectivity index (χ2v) is 8.82. The summed E-state index contributed by atoms with van der Waals surface area (Å²) in [4.78, 5) is 24.1. The highest BCUT2D eigenvalue weighted by Gasteiger charge is 2.67. The quantitative estimate of drug-likeness (QED) is 0.808. The number of carbonyl (C=O) groups is 2.